The number of hydrogen-bond acceptors (Lipinski definition) is 4. The van der Waals surface area contributed by atoms with Gasteiger partial charge in [-0.15, -0.1) is 0 Å². The fourth-order valence-corrected chi connectivity index (χ4v) is 4.09. The second-order valence-electron chi connectivity index (χ2n) is 6.80. The van der Waals surface area contributed by atoms with Gasteiger partial charge in [-0.3, -0.25) is 4.79 Å². The molecule has 158 valence electrons. The summed E-state index contributed by atoms with van der Waals surface area (Å²) in [6.45, 7) is 1.92. The largest absolute Gasteiger partial charge is 0.322 e. The Morgan fingerprint density at radius 3 is 2.50 bits per heavy atom. The number of hydrogen-bond donors (Lipinski definition) is 1. The van der Waals surface area contributed by atoms with Crippen molar-refractivity contribution >= 4 is 33.2 Å². The number of nitrogens with one attached hydrogen (secondary N) is 1. The van der Waals surface area contributed by atoms with Gasteiger partial charge in [-0.25, -0.2) is 21.8 Å². The van der Waals surface area contributed by atoms with Crippen LogP contribution in [0.4, 0.5) is 10.1 Å². The molecule has 0 radical (unpaired) electrons. The molecule has 0 bridgehead atoms. The molecule has 3 aromatic rings. The molecule has 0 fully saturated rings. The Morgan fingerprint density at radius 2 is 1.87 bits per heavy atom. The zero-order valence-corrected chi connectivity index (χ0v) is 18.1. The number of benzene rings is 2. The molecular formula is C20H20ClFN4O3S. The Hall–Kier alpha value is -2.75. The summed E-state index contributed by atoms with van der Waals surface area (Å²) in [4.78, 5) is 12.9. The molecule has 0 spiro atoms. The molecule has 0 atom stereocenters. The van der Waals surface area contributed by atoms with Crippen molar-refractivity contribution in [1.29, 1.82) is 0 Å². The van der Waals surface area contributed by atoms with Gasteiger partial charge in [0, 0.05) is 19.8 Å². The Balaban J connectivity index is 1.84. The average molecular weight is 451 g/mol. The molecule has 0 unspecified atom stereocenters. The van der Waals surface area contributed by atoms with Gasteiger partial charge in [0.2, 0.25) is 10.0 Å². The van der Waals surface area contributed by atoms with E-state index in [1.807, 2.05) is 0 Å². The highest BCUT2D eigenvalue weighted by Gasteiger charge is 2.22. The number of carbonyl (C=O) groups is 1. The maximum absolute atomic E-state index is 13.1. The van der Waals surface area contributed by atoms with Gasteiger partial charge >= 0.3 is 0 Å². The third-order valence-electron chi connectivity index (χ3n) is 4.41. The van der Waals surface area contributed by atoms with Crippen molar-refractivity contribution in [2.75, 3.05) is 19.4 Å². The molecular weight excluding hydrogens is 431 g/mol. The minimum atomic E-state index is -3.64. The first-order chi connectivity index (χ1) is 14.1. The Kier molecular flexibility index (Phi) is 6.25. The fraction of sp³-hybridized carbons (Fsp3) is 0.200. The zero-order chi connectivity index (χ0) is 22.1. The van der Waals surface area contributed by atoms with Gasteiger partial charge in [-0.1, -0.05) is 29.8 Å². The van der Waals surface area contributed by atoms with Crippen LogP contribution in [0.5, 0.6) is 0 Å². The molecule has 1 heterocycles. The Labute approximate surface area is 179 Å². The van der Waals surface area contributed by atoms with E-state index >= 15 is 0 Å². The molecule has 10 heteroatoms. The third kappa shape index (κ3) is 4.53. The smallest absolute Gasteiger partial charge is 0.260 e. The van der Waals surface area contributed by atoms with E-state index in [2.05, 4.69) is 10.4 Å². The van der Waals surface area contributed by atoms with Crippen LogP contribution in [0.2, 0.25) is 5.15 Å². The van der Waals surface area contributed by atoms with E-state index in [0.717, 1.165) is 9.87 Å². The van der Waals surface area contributed by atoms with Crippen molar-refractivity contribution < 1.29 is 17.6 Å². The molecule has 0 aliphatic heterocycles. The number of rotatable bonds is 6. The predicted octanol–water partition coefficient (Wildman–Crippen LogP) is 3.53. The molecule has 2 aromatic carbocycles. The highest BCUT2D eigenvalue weighted by Crippen LogP contribution is 2.24. The van der Waals surface area contributed by atoms with Crippen molar-refractivity contribution in [2.24, 2.45) is 0 Å². The number of amides is 1. The second kappa shape index (κ2) is 8.55. The summed E-state index contributed by atoms with van der Waals surface area (Å²) >= 11 is 6.38. The van der Waals surface area contributed by atoms with E-state index in [0.29, 0.717) is 11.4 Å². The average Bonchev–Trinajstić information content (AvgIpc) is 2.97. The van der Waals surface area contributed by atoms with Crippen molar-refractivity contribution in [3.8, 4) is 0 Å². The van der Waals surface area contributed by atoms with Crippen LogP contribution in [0.25, 0.3) is 0 Å². The number of halogens is 2. The molecule has 0 aliphatic carbocycles. The van der Waals surface area contributed by atoms with Gasteiger partial charge in [-0.2, -0.15) is 5.10 Å². The molecule has 0 saturated carbocycles. The summed E-state index contributed by atoms with van der Waals surface area (Å²) in [6.07, 6.45) is 0. The standard InChI is InChI=1S/C20H20ClFN4O3S/c1-13-18(19(21)26(24-13)12-14-7-9-15(22)10-8-14)20(27)23-16-5-4-6-17(11-16)30(28,29)25(2)3/h4-11H,12H2,1-3H3,(H,23,27). The SMILES string of the molecule is Cc1nn(Cc2ccc(F)cc2)c(Cl)c1C(=O)Nc1cccc(S(=O)(=O)N(C)C)c1. The van der Waals surface area contributed by atoms with Crippen LogP contribution >= 0.6 is 11.6 Å². The van der Waals surface area contributed by atoms with Crippen molar-refractivity contribution in [2.45, 2.75) is 18.4 Å². The van der Waals surface area contributed by atoms with Crippen LogP contribution in [-0.2, 0) is 16.6 Å². The molecule has 30 heavy (non-hydrogen) atoms. The van der Waals surface area contributed by atoms with Gasteiger partial charge in [0.15, 0.2) is 0 Å². The van der Waals surface area contributed by atoms with Gasteiger partial charge in [0.1, 0.15) is 11.0 Å². The molecule has 0 saturated heterocycles. The highest BCUT2D eigenvalue weighted by molar-refractivity contribution is 7.89. The van der Waals surface area contributed by atoms with E-state index in [1.165, 1.54) is 43.0 Å². The first-order valence-corrected chi connectivity index (χ1v) is 10.7. The fourth-order valence-electron chi connectivity index (χ4n) is 2.82. The maximum Gasteiger partial charge on any atom is 0.260 e. The van der Waals surface area contributed by atoms with Crippen molar-refractivity contribution in [3.05, 3.63) is 76.3 Å². The normalized spacial score (nSPS) is 11.7. The van der Waals surface area contributed by atoms with E-state index in [4.69, 9.17) is 11.6 Å². The van der Waals surface area contributed by atoms with Crippen molar-refractivity contribution in [1.82, 2.24) is 14.1 Å². The van der Waals surface area contributed by atoms with Gasteiger partial charge in [0.05, 0.1) is 22.7 Å². The van der Waals surface area contributed by atoms with Crippen molar-refractivity contribution in [3.63, 3.8) is 0 Å². The van der Waals surface area contributed by atoms with E-state index in [9.17, 15) is 17.6 Å². The first kappa shape index (κ1) is 21.9. The van der Waals surface area contributed by atoms with Gasteiger partial charge in [-0.05, 0) is 42.8 Å². The molecule has 7 nitrogen and oxygen atoms in total. The molecule has 1 amide bonds. The Bertz CT molecular complexity index is 1190. The lowest BCUT2D eigenvalue weighted by atomic mass is 10.2. The predicted molar refractivity (Wildman–Crippen MR) is 113 cm³/mol. The van der Waals surface area contributed by atoms with E-state index < -0.39 is 15.9 Å². The number of carbonyl (C=O) groups excluding carboxylic acids is 1. The number of nitrogens with zero attached hydrogens (tertiary/aromatic N) is 3. The topological polar surface area (TPSA) is 84.3 Å². The first-order valence-electron chi connectivity index (χ1n) is 8.91. The van der Waals surface area contributed by atoms with E-state index in [1.54, 1.807) is 31.2 Å². The zero-order valence-electron chi connectivity index (χ0n) is 16.6. The summed E-state index contributed by atoms with van der Waals surface area (Å²) in [7, 11) is -0.777. The lowest BCUT2D eigenvalue weighted by Crippen LogP contribution is -2.22. The summed E-state index contributed by atoms with van der Waals surface area (Å²) in [5, 5.41) is 7.10. The summed E-state index contributed by atoms with van der Waals surface area (Å²) < 4.78 is 40.2. The van der Waals surface area contributed by atoms with E-state index in [-0.39, 0.29) is 28.0 Å². The molecule has 1 aromatic heterocycles. The molecule has 0 aliphatic rings. The van der Waals surface area contributed by atoms with Crippen LogP contribution in [0.3, 0.4) is 0 Å². The van der Waals surface area contributed by atoms with Gasteiger partial charge in [0.25, 0.3) is 5.91 Å². The molecule has 1 N–H and O–H groups in total. The summed E-state index contributed by atoms with van der Waals surface area (Å²) in [6, 6.07) is 11.8. The quantitative estimate of drug-likeness (QED) is 0.622. The van der Waals surface area contributed by atoms with Crippen LogP contribution in [0.15, 0.2) is 53.4 Å². The lowest BCUT2D eigenvalue weighted by Gasteiger charge is -2.12. The second-order valence-corrected chi connectivity index (χ2v) is 9.31. The third-order valence-corrected chi connectivity index (χ3v) is 6.60. The van der Waals surface area contributed by atoms with Crippen LogP contribution in [0.1, 0.15) is 21.6 Å². The summed E-state index contributed by atoms with van der Waals surface area (Å²) in [5.41, 5.74) is 1.68. The van der Waals surface area contributed by atoms with Crippen LogP contribution in [0, 0.1) is 12.7 Å². The van der Waals surface area contributed by atoms with Crippen LogP contribution in [-0.4, -0.2) is 42.5 Å². The number of anilines is 1. The van der Waals surface area contributed by atoms with Crippen LogP contribution < -0.4 is 5.32 Å². The number of sulfonamides is 1. The van der Waals surface area contributed by atoms with Gasteiger partial charge < -0.3 is 5.32 Å². The minimum Gasteiger partial charge on any atom is -0.322 e. The number of aromatic nitrogens is 2. The minimum absolute atomic E-state index is 0.0557. The number of aryl methyl sites for hydroxylation is 1. The lowest BCUT2D eigenvalue weighted by molar-refractivity contribution is 0.102. The maximum atomic E-state index is 13.1. The summed E-state index contributed by atoms with van der Waals surface area (Å²) in [5.74, 6) is -0.859. The highest BCUT2D eigenvalue weighted by atomic mass is 35.5. The molecule has 3 rings (SSSR count). The monoisotopic (exact) mass is 450 g/mol. The Morgan fingerprint density at radius 1 is 1.20 bits per heavy atom.